The fourth-order valence-electron chi connectivity index (χ4n) is 4.33. The molecule has 1 atom stereocenters. The van der Waals surface area contributed by atoms with Crippen molar-refractivity contribution < 1.29 is 24.5 Å². The molecule has 0 spiro atoms. The number of aliphatic hydroxyl groups is 1. The highest BCUT2D eigenvalue weighted by molar-refractivity contribution is 6.20. The van der Waals surface area contributed by atoms with E-state index >= 15 is 0 Å². The summed E-state index contributed by atoms with van der Waals surface area (Å²) in [6.07, 6.45) is 0.905. The number of morpholine rings is 1. The Bertz CT molecular complexity index is 1180. The number of carbonyl (C=O) groups is 1. The molecule has 3 aliphatic rings. The molecule has 3 N–H and O–H groups in total. The molecular formula is C24H28N6O5. The van der Waals surface area contributed by atoms with E-state index in [4.69, 9.17) is 9.47 Å². The number of guanidine groups is 1. The Balaban J connectivity index is 1.35. The van der Waals surface area contributed by atoms with Crippen molar-refractivity contribution in [2.24, 2.45) is 9.98 Å². The SMILES string of the molecule is Cc1ncccc1C(=O)NC1=Nc2c(ccc(OC[C@H](O)CN3CCOCC3)c2O)C2=NCCN12. The van der Waals surface area contributed by atoms with Gasteiger partial charge in [-0.15, -0.1) is 0 Å². The molecule has 1 saturated heterocycles. The summed E-state index contributed by atoms with van der Waals surface area (Å²) >= 11 is 0. The Hall–Kier alpha value is -3.54. The fraction of sp³-hybridized carbons (Fsp3) is 0.417. The predicted octanol–water partition coefficient (Wildman–Crippen LogP) is 0.661. The molecule has 3 aliphatic heterocycles. The van der Waals surface area contributed by atoms with Gasteiger partial charge >= 0.3 is 0 Å². The van der Waals surface area contributed by atoms with Gasteiger partial charge in [0.05, 0.1) is 25.3 Å². The molecule has 11 heteroatoms. The van der Waals surface area contributed by atoms with Crippen LogP contribution in [0.3, 0.4) is 0 Å². The summed E-state index contributed by atoms with van der Waals surface area (Å²) in [7, 11) is 0. The second-order valence-corrected chi connectivity index (χ2v) is 8.57. The number of hydrogen-bond donors (Lipinski definition) is 3. The topological polar surface area (TPSA) is 132 Å². The number of amidine groups is 1. The van der Waals surface area contributed by atoms with Gasteiger partial charge in [0.2, 0.25) is 5.96 Å². The molecule has 0 saturated carbocycles. The third-order valence-corrected chi connectivity index (χ3v) is 6.15. The Morgan fingerprint density at radius 3 is 2.89 bits per heavy atom. The van der Waals surface area contributed by atoms with Crippen molar-refractivity contribution >= 4 is 23.4 Å². The van der Waals surface area contributed by atoms with Crippen LogP contribution in [0.1, 0.15) is 21.6 Å². The average Bonchev–Trinajstić information content (AvgIpc) is 3.35. The van der Waals surface area contributed by atoms with E-state index in [1.807, 2.05) is 4.90 Å². The van der Waals surface area contributed by atoms with Gasteiger partial charge in [-0.1, -0.05) is 0 Å². The summed E-state index contributed by atoms with van der Waals surface area (Å²) < 4.78 is 11.1. The number of aromatic hydroxyl groups is 1. The minimum Gasteiger partial charge on any atom is -0.503 e. The lowest BCUT2D eigenvalue weighted by Crippen LogP contribution is -2.47. The van der Waals surface area contributed by atoms with Crippen LogP contribution in [0.2, 0.25) is 0 Å². The molecule has 2 aromatic rings. The summed E-state index contributed by atoms with van der Waals surface area (Å²) in [5, 5.41) is 24.2. The van der Waals surface area contributed by atoms with Crippen LogP contribution in [0.4, 0.5) is 5.69 Å². The zero-order chi connectivity index (χ0) is 24.4. The Morgan fingerprint density at radius 1 is 1.26 bits per heavy atom. The molecule has 35 heavy (non-hydrogen) atoms. The third kappa shape index (κ3) is 4.83. The molecule has 0 unspecified atom stereocenters. The maximum atomic E-state index is 12.9. The quantitative estimate of drug-likeness (QED) is 0.550. The molecule has 0 bridgehead atoms. The second kappa shape index (κ2) is 9.98. The van der Waals surface area contributed by atoms with E-state index < -0.39 is 6.10 Å². The van der Waals surface area contributed by atoms with Crippen LogP contribution in [-0.2, 0) is 4.74 Å². The molecule has 5 rings (SSSR count). The van der Waals surface area contributed by atoms with Gasteiger partial charge in [0, 0.05) is 43.6 Å². The Labute approximate surface area is 202 Å². The van der Waals surface area contributed by atoms with Gasteiger partial charge < -0.3 is 19.7 Å². The number of aromatic nitrogens is 1. The number of phenols is 1. The molecule has 1 amide bonds. The van der Waals surface area contributed by atoms with Crippen molar-refractivity contribution in [2.75, 3.05) is 52.5 Å². The molecule has 11 nitrogen and oxygen atoms in total. The number of nitrogens with one attached hydrogen (secondary N) is 1. The number of pyridine rings is 1. The normalized spacial score (nSPS) is 18.3. The molecule has 1 fully saturated rings. The van der Waals surface area contributed by atoms with Gasteiger partial charge in [-0.05, 0) is 31.2 Å². The van der Waals surface area contributed by atoms with Crippen LogP contribution < -0.4 is 10.1 Å². The largest absolute Gasteiger partial charge is 0.503 e. The smallest absolute Gasteiger partial charge is 0.259 e. The van der Waals surface area contributed by atoms with Crippen molar-refractivity contribution in [1.29, 1.82) is 0 Å². The van der Waals surface area contributed by atoms with E-state index in [9.17, 15) is 15.0 Å². The minimum atomic E-state index is -0.723. The van der Waals surface area contributed by atoms with E-state index in [0.29, 0.717) is 55.5 Å². The maximum Gasteiger partial charge on any atom is 0.259 e. The van der Waals surface area contributed by atoms with Gasteiger partial charge in [-0.25, -0.2) is 4.99 Å². The number of carbonyl (C=O) groups excluding carboxylic acids is 1. The van der Waals surface area contributed by atoms with E-state index in [-0.39, 0.29) is 35.7 Å². The highest BCUT2D eigenvalue weighted by Gasteiger charge is 2.33. The highest BCUT2D eigenvalue weighted by atomic mass is 16.5. The van der Waals surface area contributed by atoms with Gasteiger partial charge in [-0.3, -0.25) is 29.9 Å². The first kappa shape index (κ1) is 23.2. The van der Waals surface area contributed by atoms with E-state index in [0.717, 1.165) is 13.1 Å². The number of ether oxygens (including phenoxy) is 2. The lowest BCUT2D eigenvalue weighted by Gasteiger charge is -2.29. The van der Waals surface area contributed by atoms with Crippen LogP contribution in [0.5, 0.6) is 11.5 Å². The highest BCUT2D eigenvalue weighted by Crippen LogP contribution is 2.42. The van der Waals surface area contributed by atoms with E-state index in [2.05, 4.69) is 25.2 Å². The number of amides is 1. The number of fused-ring (bicyclic) bond motifs is 3. The van der Waals surface area contributed by atoms with Crippen LogP contribution >= 0.6 is 0 Å². The van der Waals surface area contributed by atoms with Gasteiger partial charge in [-0.2, -0.15) is 0 Å². The average molecular weight is 481 g/mol. The molecule has 4 heterocycles. The van der Waals surface area contributed by atoms with E-state index in [1.54, 1.807) is 37.4 Å². The van der Waals surface area contributed by atoms with Crippen molar-refractivity contribution in [3.05, 3.63) is 47.3 Å². The lowest BCUT2D eigenvalue weighted by atomic mass is 10.1. The van der Waals surface area contributed by atoms with Crippen molar-refractivity contribution in [1.82, 2.24) is 20.1 Å². The maximum absolute atomic E-state index is 12.9. The van der Waals surface area contributed by atoms with Crippen LogP contribution in [0, 0.1) is 6.92 Å². The first-order valence-electron chi connectivity index (χ1n) is 11.6. The molecular weight excluding hydrogens is 452 g/mol. The summed E-state index contributed by atoms with van der Waals surface area (Å²) in [5.41, 5.74) is 1.96. The standard InChI is InChI=1S/C24H28N6O5/c1-15-17(3-2-6-25-15)23(33)28-24-27-20-18(22-26-7-8-30(22)24)4-5-19(21(20)32)35-14-16(31)13-29-9-11-34-12-10-29/h2-6,16,31-32H,7-14H2,1H3,(H,27,28,33)/t16-/m1/s1. The molecule has 1 aromatic heterocycles. The number of benzene rings is 1. The monoisotopic (exact) mass is 480 g/mol. The number of aliphatic imine (C=N–C) groups is 2. The zero-order valence-electron chi connectivity index (χ0n) is 19.5. The first-order chi connectivity index (χ1) is 17.0. The van der Waals surface area contributed by atoms with Crippen molar-refractivity contribution in [3.8, 4) is 11.5 Å². The predicted molar refractivity (Wildman–Crippen MR) is 129 cm³/mol. The van der Waals surface area contributed by atoms with Gasteiger partial charge in [0.1, 0.15) is 24.2 Å². The van der Waals surface area contributed by atoms with Gasteiger partial charge in [0.15, 0.2) is 11.5 Å². The summed E-state index contributed by atoms with van der Waals surface area (Å²) in [6, 6.07) is 6.82. The second-order valence-electron chi connectivity index (χ2n) is 8.57. The number of rotatable bonds is 6. The third-order valence-electron chi connectivity index (χ3n) is 6.15. The van der Waals surface area contributed by atoms with Crippen molar-refractivity contribution in [3.63, 3.8) is 0 Å². The molecule has 1 aromatic carbocycles. The fourth-order valence-corrected chi connectivity index (χ4v) is 4.33. The number of β-amino-alcohol motifs (C(OH)–C–C–N with tert-alkyl or cyclic N) is 1. The van der Waals surface area contributed by atoms with E-state index in [1.165, 1.54) is 0 Å². The number of nitrogens with zero attached hydrogens (tertiary/aromatic N) is 5. The summed E-state index contributed by atoms with van der Waals surface area (Å²) in [5.74, 6) is 0.598. The van der Waals surface area contributed by atoms with Crippen LogP contribution in [0.15, 0.2) is 40.4 Å². The van der Waals surface area contributed by atoms with Gasteiger partial charge in [0.25, 0.3) is 5.91 Å². The zero-order valence-corrected chi connectivity index (χ0v) is 19.5. The summed E-state index contributed by atoms with van der Waals surface area (Å²) in [4.78, 5) is 30.1. The number of phenolic OH excluding ortho intramolecular Hbond substituents is 1. The molecule has 0 aliphatic carbocycles. The van der Waals surface area contributed by atoms with Crippen LogP contribution in [-0.4, -0.2) is 101 Å². The summed E-state index contributed by atoms with van der Waals surface area (Å²) in [6.45, 7) is 6.18. The molecule has 0 radical (unpaired) electrons. The number of hydrogen-bond acceptors (Lipinski definition) is 10. The Morgan fingerprint density at radius 2 is 2.09 bits per heavy atom. The number of aryl methyl sites for hydroxylation is 1. The molecule has 184 valence electrons. The minimum absolute atomic E-state index is 0.0182. The van der Waals surface area contributed by atoms with Crippen LogP contribution in [0.25, 0.3) is 0 Å². The van der Waals surface area contributed by atoms with Crippen molar-refractivity contribution in [2.45, 2.75) is 13.0 Å². The number of aliphatic hydroxyl groups excluding tert-OH is 1. The first-order valence-corrected chi connectivity index (χ1v) is 11.6. The lowest BCUT2D eigenvalue weighted by molar-refractivity contribution is 0.00446. The Kier molecular flexibility index (Phi) is 6.62.